The minimum Gasteiger partial charge on any atom is -0.496 e. The molecule has 2 heterocycles. The van der Waals surface area contributed by atoms with Crippen molar-refractivity contribution >= 4 is 11.2 Å². The molecule has 0 bridgehead atoms. The second kappa shape index (κ2) is 5.91. The van der Waals surface area contributed by atoms with Gasteiger partial charge in [-0.05, 0) is 25.3 Å². The number of nitrogens with one attached hydrogen (secondary N) is 1. The van der Waals surface area contributed by atoms with Crippen LogP contribution in [0.5, 0.6) is 5.75 Å². The third-order valence-electron chi connectivity index (χ3n) is 4.47. The van der Waals surface area contributed by atoms with Crippen LogP contribution < -0.4 is 4.74 Å². The number of ether oxygens (including phenoxy) is 1. The van der Waals surface area contributed by atoms with Gasteiger partial charge in [0.2, 0.25) is 0 Å². The minimum absolute atomic E-state index is 0.493. The lowest BCUT2D eigenvalue weighted by atomic mass is 9.94. The molecule has 0 saturated heterocycles. The molecule has 0 aliphatic heterocycles. The zero-order valence-electron chi connectivity index (χ0n) is 13.2. The summed E-state index contributed by atoms with van der Waals surface area (Å²) in [6.07, 6.45) is 9.72. The maximum Gasteiger partial charge on any atom is 0.176 e. The van der Waals surface area contributed by atoms with E-state index in [4.69, 9.17) is 9.72 Å². The second-order valence-electron chi connectivity index (χ2n) is 5.95. The lowest BCUT2D eigenvalue weighted by molar-refractivity contribution is 0.407. The third kappa shape index (κ3) is 2.63. The van der Waals surface area contributed by atoms with Crippen LogP contribution in [0.2, 0.25) is 0 Å². The van der Waals surface area contributed by atoms with E-state index in [0.29, 0.717) is 12.5 Å². The van der Waals surface area contributed by atoms with E-state index in [-0.39, 0.29) is 0 Å². The van der Waals surface area contributed by atoms with Crippen molar-refractivity contribution in [1.29, 1.82) is 0 Å². The van der Waals surface area contributed by atoms with E-state index in [0.717, 1.165) is 47.6 Å². The lowest BCUT2D eigenvalue weighted by Crippen LogP contribution is -2.05. The Morgan fingerprint density at radius 3 is 3.04 bits per heavy atom. The Hall–Kier alpha value is -2.56. The van der Waals surface area contributed by atoms with Gasteiger partial charge in [0.1, 0.15) is 17.1 Å². The summed E-state index contributed by atoms with van der Waals surface area (Å²) < 4.78 is 7.37. The number of imidazole rings is 1. The number of methoxy groups -OCH3 is 1. The molecule has 4 rings (SSSR count). The van der Waals surface area contributed by atoms with Crippen LogP contribution in [0.15, 0.2) is 42.6 Å². The highest BCUT2D eigenvalue weighted by atomic mass is 16.5. The Morgan fingerprint density at radius 2 is 2.22 bits per heavy atom. The topological polar surface area (TPSA) is 55.7 Å². The molecule has 1 N–H and O–H groups in total. The van der Waals surface area contributed by atoms with Gasteiger partial charge in [-0.1, -0.05) is 30.4 Å². The predicted molar refractivity (Wildman–Crippen MR) is 89.7 cm³/mol. The molecule has 2 aromatic heterocycles. The van der Waals surface area contributed by atoms with Crippen molar-refractivity contribution in [3.63, 3.8) is 0 Å². The molecule has 0 radical (unpaired) electrons. The van der Waals surface area contributed by atoms with Crippen LogP contribution in [0.25, 0.3) is 11.2 Å². The Labute approximate surface area is 135 Å². The van der Waals surface area contributed by atoms with Gasteiger partial charge in [0.05, 0.1) is 19.9 Å². The van der Waals surface area contributed by atoms with Crippen molar-refractivity contribution in [3.8, 4) is 5.75 Å². The molecule has 0 spiro atoms. The quantitative estimate of drug-likeness (QED) is 0.749. The molecule has 5 nitrogen and oxygen atoms in total. The van der Waals surface area contributed by atoms with E-state index in [1.807, 2.05) is 29.1 Å². The number of rotatable bonds is 4. The number of para-hydroxylation sites is 1. The Balaban J connectivity index is 1.65. The van der Waals surface area contributed by atoms with Gasteiger partial charge in [0.25, 0.3) is 0 Å². The third-order valence-corrected chi connectivity index (χ3v) is 4.47. The zero-order chi connectivity index (χ0) is 15.6. The second-order valence-corrected chi connectivity index (χ2v) is 5.95. The Bertz CT molecular complexity index is 846. The number of aromatic amines is 1. The number of aromatic nitrogens is 4. The fourth-order valence-corrected chi connectivity index (χ4v) is 3.21. The van der Waals surface area contributed by atoms with Crippen molar-refractivity contribution in [1.82, 2.24) is 19.7 Å². The molecular formula is C18H20N4O. The number of fused-ring (bicyclic) bond motifs is 1. The number of hydrogen-bond donors (Lipinski definition) is 1. The van der Waals surface area contributed by atoms with Crippen molar-refractivity contribution in [2.75, 3.05) is 7.11 Å². The first-order chi connectivity index (χ1) is 11.3. The molecule has 1 aliphatic rings. The standard InChI is InChI=1S/C18H20N4O/c1-23-16-10-6-5-9-14(16)12-22-18-15(11-19-22)20-17(21-18)13-7-3-2-4-8-13/h2-3,5-6,9-11,13H,4,7-8,12H2,1H3,(H,20,21)/t13-/m1/s1. The number of H-pyrrole nitrogens is 1. The molecule has 0 amide bonds. The van der Waals surface area contributed by atoms with Gasteiger partial charge in [0, 0.05) is 11.5 Å². The van der Waals surface area contributed by atoms with E-state index < -0.39 is 0 Å². The number of benzene rings is 1. The van der Waals surface area contributed by atoms with Gasteiger partial charge in [-0.2, -0.15) is 5.10 Å². The number of nitrogens with zero attached hydrogens (tertiary/aromatic N) is 3. The molecule has 0 saturated carbocycles. The lowest BCUT2D eigenvalue weighted by Gasteiger charge is -2.14. The van der Waals surface area contributed by atoms with Crippen molar-refractivity contribution in [3.05, 3.63) is 54.0 Å². The summed E-state index contributed by atoms with van der Waals surface area (Å²) in [5, 5.41) is 4.47. The molecule has 1 aromatic carbocycles. The molecular weight excluding hydrogens is 288 g/mol. The van der Waals surface area contributed by atoms with Crippen LogP contribution in [0.4, 0.5) is 0 Å². The molecule has 118 valence electrons. The fraction of sp³-hybridized carbons (Fsp3) is 0.333. The zero-order valence-corrected chi connectivity index (χ0v) is 13.2. The summed E-state index contributed by atoms with van der Waals surface area (Å²) in [4.78, 5) is 8.26. The maximum absolute atomic E-state index is 5.43. The van der Waals surface area contributed by atoms with E-state index >= 15 is 0 Å². The van der Waals surface area contributed by atoms with E-state index in [9.17, 15) is 0 Å². The van der Waals surface area contributed by atoms with Crippen LogP contribution in [-0.4, -0.2) is 26.9 Å². The highest BCUT2D eigenvalue weighted by molar-refractivity contribution is 5.70. The molecule has 3 aromatic rings. The minimum atomic E-state index is 0.493. The smallest absolute Gasteiger partial charge is 0.176 e. The first-order valence-electron chi connectivity index (χ1n) is 8.03. The van der Waals surface area contributed by atoms with Crippen LogP contribution in [-0.2, 0) is 6.54 Å². The summed E-state index contributed by atoms with van der Waals surface area (Å²) in [6, 6.07) is 8.03. The van der Waals surface area contributed by atoms with Gasteiger partial charge in [0.15, 0.2) is 5.65 Å². The van der Waals surface area contributed by atoms with Crippen LogP contribution >= 0.6 is 0 Å². The monoisotopic (exact) mass is 308 g/mol. The van der Waals surface area contributed by atoms with Crippen molar-refractivity contribution in [2.24, 2.45) is 0 Å². The summed E-state index contributed by atoms with van der Waals surface area (Å²) in [7, 11) is 1.70. The SMILES string of the molecule is COc1ccccc1Cn1ncc2[nH]c([C@@H]3CC=CCC3)nc21. The molecule has 23 heavy (non-hydrogen) atoms. The fourth-order valence-electron chi connectivity index (χ4n) is 3.21. The highest BCUT2D eigenvalue weighted by Gasteiger charge is 2.18. The molecule has 0 unspecified atom stereocenters. The van der Waals surface area contributed by atoms with E-state index in [1.165, 1.54) is 0 Å². The predicted octanol–water partition coefficient (Wildman–Crippen LogP) is 3.64. The summed E-state index contributed by atoms with van der Waals surface area (Å²) in [6.45, 7) is 0.655. The van der Waals surface area contributed by atoms with E-state index in [1.54, 1.807) is 7.11 Å². The number of hydrogen-bond acceptors (Lipinski definition) is 3. The van der Waals surface area contributed by atoms with Crippen LogP contribution in [0, 0.1) is 0 Å². The van der Waals surface area contributed by atoms with Gasteiger partial charge < -0.3 is 9.72 Å². The Morgan fingerprint density at radius 1 is 1.30 bits per heavy atom. The van der Waals surface area contributed by atoms with Gasteiger partial charge in [-0.3, -0.25) is 0 Å². The van der Waals surface area contributed by atoms with Gasteiger partial charge in [-0.25, -0.2) is 9.67 Å². The maximum atomic E-state index is 5.43. The average Bonchev–Trinajstić information content (AvgIpc) is 3.18. The summed E-state index contributed by atoms with van der Waals surface area (Å²) in [5.41, 5.74) is 3.02. The molecule has 5 heteroatoms. The average molecular weight is 308 g/mol. The largest absolute Gasteiger partial charge is 0.496 e. The summed E-state index contributed by atoms with van der Waals surface area (Å²) >= 11 is 0. The van der Waals surface area contributed by atoms with Gasteiger partial charge >= 0.3 is 0 Å². The van der Waals surface area contributed by atoms with Gasteiger partial charge in [-0.15, -0.1) is 0 Å². The molecule has 1 atom stereocenters. The molecule has 0 fully saturated rings. The van der Waals surface area contributed by atoms with Crippen molar-refractivity contribution < 1.29 is 4.74 Å². The van der Waals surface area contributed by atoms with Crippen LogP contribution in [0.1, 0.15) is 36.6 Å². The van der Waals surface area contributed by atoms with Crippen molar-refractivity contribution in [2.45, 2.75) is 31.7 Å². The normalized spacial score (nSPS) is 17.7. The first kappa shape index (κ1) is 14.1. The Kier molecular flexibility index (Phi) is 3.61. The van der Waals surface area contributed by atoms with Crippen LogP contribution in [0.3, 0.4) is 0 Å². The number of allylic oxidation sites excluding steroid dienone is 2. The highest BCUT2D eigenvalue weighted by Crippen LogP contribution is 2.29. The summed E-state index contributed by atoms with van der Waals surface area (Å²) in [5.74, 6) is 2.45. The first-order valence-corrected chi connectivity index (χ1v) is 8.03. The molecule has 1 aliphatic carbocycles. The van der Waals surface area contributed by atoms with E-state index in [2.05, 4.69) is 28.3 Å².